The summed E-state index contributed by atoms with van der Waals surface area (Å²) in [6.45, 7) is 0.401. The number of benzene rings is 2. The van der Waals surface area contributed by atoms with E-state index in [1.54, 1.807) is 0 Å². The number of anilines is 1. The lowest BCUT2D eigenvalue weighted by Crippen LogP contribution is -2.48. The van der Waals surface area contributed by atoms with Gasteiger partial charge in [-0.25, -0.2) is 0 Å². The van der Waals surface area contributed by atoms with Crippen molar-refractivity contribution in [2.45, 2.75) is 30.6 Å². The number of rotatable bonds is 2. The number of carbonyl (C=O) groups excluding carboxylic acids is 2. The lowest BCUT2D eigenvalue weighted by Gasteiger charge is -2.40. The van der Waals surface area contributed by atoms with Crippen molar-refractivity contribution in [3.05, 3.63) is 63.6 Å². The molecule has 6 heteroatoms. The van der Waals surface area contributed by atoms with Gasteiger partial charge in [0.25, 0.3) is 0 Å². The van der Waals surface area contributed by atoms with Crippen LogP contribution in [0.5, 0.6) is 0 Å². The van der Waals surface area contributed by atoms with Gasteiger partial charge in [-0.2, -0.15) is 0 Å². The fourth-order valence-corrected chi connectivity index (χ4v) is 5.62. The molecule has 2 aromatic carbocycles. The summed E-state index contributed by atoms with van der Waals surface area (Å²) < 4.78 is 0. The largest absolute Gasteiger partial charge is 0.355 e. The Morgan fingerprint density at radius 1 is 1.00 bits per heavy atom. The number of hydrogen-bond acceptors (Lipinski definition) is 2. The summed E-state index contributed by atoms with van der Waals surface area (Å²) in [5, 5.41) is 7.33. The highest BCUT2D eigenvalue weighted by Crippen LogP contribution is 2.59. The minimum atomic E-state index is -0.815. The summed E-state index contributed by atoms with van der Waals surface area (Å²) in [6.07, 6.45) is 2.47. The first-order valence-corrected chi connectivity index (χ1v) is 10.4. The van der Waals surface area contributed by atoms with Gasteiger partial charge < -0.3 is 10.6 Å². The van der Waals surface area contributed by atoms with Gasteiger partial charge in [-0.3, -0.25) is 9.59 Å². The Kier molecular flexibility index (Phi) is 4.18. The molecular weight excluding hydrogens is 395 g/mol. The SMILES string of the molecule is O=C1C[C@@H](C2CC2)[C@]2(C(=O)Nc3cc(Cl)ccc32)[C@@H](c2cccc(Cl)c2)CN1. The molecule has 5 rings (SSSR count). The number of fused-ring (bicyclic) bond motifs is 2. The summed E-state index contributed by atoms with van der Waals surface area (Å²) in [5.74, 6) is 0.0872. The van der Waals surface area contributed by atoms with Crippen LogP contribution in [0.2, 0.25) is 10.0 Å². The maximum atomic E-state index is 13.7. The summed E-state index contributed by atoms with van der Waals surface area (Å²) in [4.78, 5) is 26.3. The minimum absolute atomic E-state index is 0.0102. The van der Waals surface area contributed by atoms with E-state index in [0.717, 1.165) is 29.7 Å². The Morgan fingerprint density at radius 3 is 2.54 bits per heavy atom. The second kappa shape index (κ2) is 6.50. The molecule has 2 aromatic rings. The van der Waals surface area contributed by atoms with Crippen molar-refractivity contribution in [1.29, 1.82) is 0 Å². The Balaban J connectivity index is 1.78. The van der Waals surface area contributed by atoms with Crippen molar-refractivity contribution in [2.75, 3.05) is 11.9 Å². The second-order valence-electron chi connectivity index (χ2n) is 8.07. The fourth-order valence-electron chi connectivity index (χ4n) is 5.25. The highest BCUT2D eigenvalue weighted by atomic mass is 35.5. The van der Waals surface area contributed by atoms with Crippen molar-refractivity contribution in [3.63, 3.8) is 0 Å². The first-order chi connectivity index (χ1) is 13.5. The number of hydrogen-bond donors (Lipinski definition) is 2. The van der Waals surface area contributed by atoms with Gasteiger partial charge in [0.05, 0.1) is 5.41 Å². The fraction of sp³-hybridized carbons (Fsp3) is 0.364. The van der Waals surface area contributed by atoms with Crippen LogP contribution in [0, 0.1) is 11.8 Å². The Labute approximate surface area is 173 Å². The second-order valence-corrected chi connectivity index (χ2v) is 8.95. The van der Waals surface area contributed by atoms with E-state index in [-0.39, 0.29) is 23.7 Å². The van der Waals surface area contributed by atoms with Crippen LogP contribution in [0.3, 0.4) is 0 Å². The topological polar surface area (TPSA) is 58.2 Å². The third-order valence-corrected chi connectivity index (χ3v) is 7.01. The lowest BCUT2D eigenvalue weighted by molar-refractivity contribution is -0.125. The molecule has 3 aliphatic rings. The molecule has 2 fully saturated rings. The molecule has 28 heavy (non-hydrogen) atoms. The van der Waals surface area contributed by atoms with Crippen LogP contribution in [0.15, 0.2) is 42.5 Å². The molecule has 1 aliphatic carbocycles. The van der Waals surface area contributed by atoms with Crippen LogP contribution in [-0.2, 0) is 15.0 Å². The number of carbonyl (C=O) groups is 2. The van der Waals surface area contributed by atoms with Gasteiger partial charge in [0.15, 0.2) is 0 Å². The highest BCUT2D eigenvalue weighted by molar-refractivity contribution is 6.31. The maximum Gasteiger partial charge on any atom is 0.236 e. The highest BCUT2D eigenvalue weighted by Gasteiger charge is 2.61. The summed E-state index contributed by atoms with van der Waals surface area (Å²) in [5.41, 5.74) is 1.85. The summed E-state index contributed by atoms with van der Waals surface area (Å²) in [7, 11) is 0. The standard InChI is InChI=1S/C22H20Cl2N2O2/c23-14-3-1-2-13(8-14)18-11-25-20(27)10-17(12-4-5-12)22(18)16-7-6-15(24)9-19(16)26-21(22)28/h1-3,6-9,12,17-18H,4-5,10-11H2,(H,25,27)(H,26,28)/t17-,18+,22-/m0/s1. The quantitative estimate of drug-likeness (QED) is 0.758. The lowest BCUT2D eigenvalue weighted by atomic mass is 9.59. The third-order valence-electron chi connectivity index (χ3n) is 6.54. The van der Waals surface area contributed by atoms with Crippen molar-refractivity contribution in [2.24, 2.45) is 11.8 Å². The molecule has 0 aromatic heterocycles. The van der Waals surface area contributed by atoms with E-state index in [0.29, 0.717) is 28.9 Å². The van der Waals surface area contributed by atoms with E-state index in [1.807, 2.05) is 42.5 Å². The van der Waals surface area contributed by atoms with Crippen LogP contribution < -0.4 is 10.6 Å². The Hall–Kier alpha value is -2.04. The van der Waals surface area contributed by atoms with Crippen LogP contribution in [0.4, 0.5) is 5.69 Å². The zero-order valence-corrected chi connectivity index (χ0v) is 16.7. The van der Waals surface area contributed by atoms with E-state index < -0.39 is 5.41 Å². The van der Waals surface area contributed by atoms with Gasteiger partial charge in [-0.1, -0.05) is 41.4 Å². The van der Waals surface area contributed by atoms with Crippen LogP contribution >= 0.6 is 23.2 Å². The van der Waals surface area contributed by atoms with Crippen LogP contribution in [-0.4, -0.2) is 18.4 Å². The first kappa shape index (κ1) is 18.0. The molecule has 4 nitrogen and oxygen atoms in total. The number of nitrogens with one attached hydrogen (secondary N) is 2. The predicted molar refractivity (Wildman–Crippen MR) is 110 cm³/mol. The molecule has 1 spiro atoms. The van der Waals surface area contributed by atoms with Gasteiger partial charge in [-0.15, -0.1) is 0 Å². The maximum absolute atomic E-state index is 13.7. The predicted octanol–water partition coefficient (Wildman–Crippen LogP) is 4.51. The van der Waals surface area contributed by atoms with Crippen molar-refractivity contribution in [3.8, 4) is 0 Å². The monoisotopic (exact) mass is 414 g/mol. The van der Waals surface area contributed by atoms with Crippen LogP contribution in [0.1, 0.15) is 36.3 Å². The third kappa shape index (κ3) is 2.66. The first-order valence-electron chi connectivity index (χ1n) is 9.64. The van der Waals surface area contributed by atoms with Gasteiger partial charge in [0.2, 0.25) is 11.8 Å². The normalized spacial score (nSPS) is 29.2. The van der Waals surface area contributed by atoms with Gasteiger partial charge in [0.1, 0.15) is 0 Å². The molecular formula is C22H20Cl2N2O2. The smallest absolute Gasteiger partial charge is 0.236 e. The Morgan fingerprint density at radius 2 is 1.79 bits per heavy atom. The molecule has 1 saturated heterocycles. The number of halogens is 2. The molecule has 2 N–H and O–H groups in total. The van der Waals surface area contributed by atoms with E-state index in [2.05, 4.69) is 10.6 Å². The molecule has 2 heterocycles. The molecule has 0 bridgehead atoms. The average Bonchev–Trinajstić information content (AvgIpc) is 3.45. The van der Waals surface area contributed by atoms with E-state index in [9.17, 15) is 9.59 Å². The minimum Gasteiger partial charge on any atom is -0.355 e. The van der Waals surface area contributed by atoms with Gasteiger partial charge in [-0.05, 0) is 60.1 Å². The molecule has 2 aliphatic heterocycles. The summed E-state index contributed by atoms with van der Waals surface area (Å²) in [6, 6.07) is 13.2. The van der Waals surface area contributed by atoms with Gasteiger partial charge >= 0.3 is 0 Å². The molecule has 0 unspecified atom stereocenters. The van der Waals surface area contributed by atoms with Crippen molar-refractivity contribution in [1.82, 2.24) is 5.32 Å². The Bertz CT molecular complexity index is 988. The molecule has 144 valence electrons. The van der Waals surface area contributed by atoms with Crippen molar-refractivity contribution < 1.29 is 9.59 Å². The molecule has 0 radical (unpaired) electrons. The van der Waals surface area contributed by atoms with Crippen LogP contribution in [0.25, 0.3) is 0 Å². The van der Waals surface area contributed by atoms with E-state index >= 15 is 0 Å². The molecule has 1 saturated carbocycles. The van der Waals surface area contributed by atoms with E-state index in [4.69, 9.17) is 23.2 Å². The van der Waals surface area contributed by atoms with E-state index in [1.165, 1.54) is 0 Å². The zero-order chi connectivity index (χ0) is 19.5. The van der Waals surface area contributed by atoms with Gasteiger partial charge in [0, 0.05) is 34.6 Å². The average molecular weight is 415 g/mol. The zero-order valence-electron chi connectivity index (χ0n) is 15.2. The van der Waals surface area contributed by atoms with Crippen molar-refractivity contribution >= 4 is 40.7 Å². The molecule has 2 amide bonds. The summed E-state index contributed by atoms with van der Waals surface area (Å²) >= 11 is 12.5. The number of amides is 2. The molecule has 3 atom stereocenters.